The van der Waals surface area contributed by atoms with E-state index in [0.29, 0.717) is 43.9 Å². The molecule has 1 saturated carbocycles. The molecule has 0 unspecified atom stereocenters. The van der Waals surface area contributed by atoms with E-state index >= 15 is 4.39 Å². The summed E-state index contributed by atoms with van der Waals surface area (Å²) < 4.78 is 17.3. The Balaban J connectivity index is 1.53. The van der Waals surface area contributed by atoms with Crippen LogP contribution in [0.15, 0.2) is 30.5 Å². The maximum atomic E-state index is 15.6. The normalized spacial score (nSPS) is 19.0. The monoisotopic (exact) mass is 640 g/mol. The maximum Gasteiger partial charge on any atom is 0.245 e. The van der Waals surface area contributed by atoms with E-state index in [1.807, 2.05) is 6.92 Å². The highest BCUT2D eigenvalue weighted by Gasteiger charge is 2.38. The van der Waals surface area contributed by atoms with Crippen LogP contribution < -0.4 is 16.0 Å². The first kappa shape index (κ1) is 35.1. The van der Waals surface area contributed by atoms with E-state index in [2.05, 4.69) is 21.0 Å². The number of amides is 4. The average molecular weight is 641 g/mol. The van der Waals surface area contributed by atoms with Gasteiger partial charge in [0.05, 0.1) is 17.5 Å². The number of benzene rings is 1. The van der Waals surface area contributed by atoms with Crippen molar-refractivity contribution in [3.63, 3.8) is 0 Å². The second-order valence-electron chi connectivity index (χ2n) is 13.0. The minimum Gasteiger partial charge on any atom is -0.390 e. The summed E-state index contributed by atoms with van der Waals surface area (Å²) in [5.74, 6) is -3.61. The van der Waals surface area contributed by atoms with E-state index in [0.717, 1.165) is 38.5 Å². The molecule has 3 atom stereocenters. The van der Waals surface area contributed by atoms with Gasteiger partial charge in [-0.1, -0.05) is 45.6 Å². The lowest BCUT2D eigenvalue weighted by Gasteiger charge is -2.38. The van der Waals surface area contributed by atoms with Gasteiger partial charge in [-0.3, -0.25) is 19.2 Å². The van der Waals surface area contributed by atoms with Crippen LogP contribution >= 0.6 is 0 Å². The molecule has 0 spiro atoms. The first-order valence-corrected chi connectivity index (χ1v) is 16.7. The number of aromatic nitrogens is 2. The standard InChI is InChI=1S/C34H49FN6O5/c1-5-28(42)39-30(33(45)40-19-16-34(4,46)17-20-40)22(3)24-13-14-26(25(35)21-24)37-31(43)29(23-11-9-7-8-10-12-23)32(44)38-27-15-18-36-41(27)6-2/h13-15,18,21-23,29-30,46H,5-12,16-17,19-20H2,1-4H3,(H,37,43)(H,38,44)(H,39,42)/t22-,29-,30+/m0/s1. The molecule has 2 aliphatic rings. The number of aliphatic hydroxyl groups is 1. The van der Waals surface area contributed by atoms with Crippen molar-refractivity contribution in [3.8, 4) is 0 Å². The third-order valence-electron chi connectivity index (χ3n) is 9.54. The number of aryl methyl sites for hydroxylation is 1. The number of carbonyl (C=O) groups is 4. The van der Waals surface area contributed by atoms with Gasteiger partial charge in [-0.2, -0.15) is 5.10 Å². The predicted octanol–water partition coefficient (Wildman–Crippen LogP) is 4.58. The van der Waals surface area contributed by atoms with E-state index in [-0.39, 0.29) is 29.8 Å². The molecule has 1 aliphatic carbocycles. The van der Waals surface area contributed by atoms with Crippen LogP contribution in [-0.4, -0.2) is 68.1 Å². The lowest BCUT2D eigenvalue weighted by molar-refractivity contribution is -0.140. The average Bonchev–Trinajstić information content (AvgIpc) is 3.31. The van der Waals surface area contributed by atoms with Gasteiger partial charge < -0.3 is 26.0 Å². The highest BCUT2D eigenvalue weighted by atomic mass is 19.1. The molecule has 252 valence electrons. The Hall–Kier alpha value is -3.80. The largest absolute Gasteiger partial charge is 0.390 e. The van der Waals surface area contributed by atoms with Crippen molar-refractivity contribution >= 4 is 35.1 Å². The van der Waals surface area contributed by atoms with Gasteiger partial charge in [-0.25, -0.2) is 9.07 Å². The van der Waals surface area contributed by atoms with Gasteiger partial charge in [-0.05, 0) is 63.1 Å². The number of likely N-dealkylation sites (tertiary alicyclic amines) is 1. The molecule has 46 heavy (non-hydrogen) atoms. The van der Waals surface area contributed by atoms with Crippen LogP contribution in [0.4, 0.5) is 15.9 Å². The lowest BCUT2D eigenvalue weighted by atomic mass is 9.84. The van der Waals surface area contributed by atoms with Crippen molar-refractivity contribution in [2.75, 3.05) is 23.7 Å². The van der Waals surface area contributed by atoms with Crippen LogP contribution in [0, 0.1) is 17.7 Å². The number of hydrogen-bond donors (Lipinski definition) is 4. The fraction of sp³-hybridized carbons (Fsp3) is 0.618. The number of nitrogens with one attached hydrogen (secondary N) is 3. The summed E-state index contributed by atoms with van der Waals surface area (Å²) in [6, 6.07) is 5.08. The summed E-state index contributed by atoms with van der Waals surface area (Å²) in [6.45, 7) is 8.34. The molecule has 1 saturated heterocycles. The molecule has 2 heterocycles. The molecule has 2 fully saturated rings. The Morgan fingerprint density at radius 3 is 2.28 bits per heavy atom. The molecule has 1 aliphatic heterocycles. The highest BCUT2D eigenvalue weighted by Crippen LogP contribution is 2.32. The maximum absolute atomic E-state index is 15.6. The van der Waals surface area contributed by atoms with Gasteiger partial charge in [0, 0.05) is 38.0 Å². The van der Waals surface area contributed by atoms with E-state index in [1.165, 1.54) is 12.1 Å². The molecule has 1 aromatic carbocycles. The zero-order valence-corrected chi connectivity index (χ0v) is 27.5. The summed E-state index contributed by atoms with van der Waals surface area (Å²) in [7, 11) is 0. The third-order valence-corrected chi connectivity index (χ3v) is 9.54. The first-order valence-electron chi connectivity index (χ1n) is 16.7. The first-order chi connectivity index (χ1) is 21.9. The third kappa shape index (κ3) is 8.71. The molecular formula is C34H49FN6O5. The summed E-state index contributed by atoms with van der Waals surface area (Å²) in [6.07, 6.45) is 7.99. The molecule has 4 rings (SSSR count). The molecule has 4 N–H and O–H groups in total. The molecule has 4 amide bonds. The van der Waals surface area contributed by atoms with Gasteiger partial charge in [-0.15, -0.1) is 0 Å². The fourth-order valence-electron chi connectivity index (χ4n) is 6.49. The number of carbonyl (C=O) groups excluding carboxylic acids is 4. The molecule has 11 nitrogen and oxygen atoms in total. The molecule has 0 bridgehead atoms. The number of piperidine rings is 1. The Morgan fingerprint density at radius 1 is 1.02 bits per heavy atom. The van der Waals surface area contributed by atoms with Gasteiger partial charge >= 0.3 is 0 Å². The van der Waals surface area contributed by atoms with E-state index in [1.54, 1.807) is 48.7 Å². The summed E-state index contributed by atoms with van der Waals surface area (Å²) in [5.41, 5.74) is -0.438. The fourth-order valence-corrected chi connectivity index (χ4v) is 6.49. The van der Waals surface area contributed by atoms with Crippen molar-refractivity contribution < 1.29 is 28.7 Å². The summed E-state index contributed by atoms with van der Waals surface area (Å²) in [5, 5.41) is 22.9. The Morgan fingerprint density at radius 2 is 1.67 bits per heavy atom. The van der Waals surface area contributed by atoms with Gasteiger partial charge in [0.15, 0.2) is 0 Å². The quantitative estimate of drug-likeness (QED) is 0.209. The lowest BCUT2D eigenvalue weighted by Crippen LogP contribution is -2.54. The molecule has 12 heteroatoms. The number of hydrogen-bond acceptors (Lipinski definition) is 6. The summed E-state index contributed by atoms with van der Waals surface area (Å²) >= 11 is 0. The SMILES string of the molecule is CCC(=O)N[C@@H](C(=O)N1CCC(C)(O)CC1)[C@@H](C)c1ccc(NC(=O)[C@@H](C(=O)Nc2ccnn2CC)C2CCCCCC2)c(F)c1. The number of rotatable bonds is 11. The van der Waals surface area contributed by atoms with Crippen molar-refractivity contribution in [1.82, 2.24) is 20.0 Å². The zero-order valence-electron chi connectivity index (χ0n) is 27.5. The Bertz CT molecular complexity index is 1380. The summed E-state index contributed by atoms with van der Waals surface area (Å²) in [4.78, 5) is 54.9. The topological polar surface area (TPSA) is 146 Å². The van der Waals surface area contributed by atoms with Crippen LogP contribution in [0.1, 0.15) is 97.0 Å². The van der Waals surface area contributed by atoms with Gasteiger partial charge in [0.2, 0.25) is 23.6 Å². The molecule has 0 radical (unpaired) electrons. The second-order valence-corrected chi connectivity index (χ2v) is 13.0. The minimum atomic E-state index is -1.02. The van der Waals surface area contributed by atoms with Crippen LogP contribution in [0.5, 0.6) is 0 Å². The zero-order chi connectivity index (χ0) is 33.4. The Kier molecular flexibility index (Phi) is 11.9. The molecule has 1 aromatic heterocycles. The van der Waals surface area contributed by atoms with E-state index in [9.17, 15) is 24.3 Å². The van der Waals surface area contributed by atoms with Crippen molar-refractivity contribution in [2.45, 2.75) is 110 Å². The predicted molar refractivity (Wildman–Crippen MR) is 173 cm³/mol. The second kappa shape index (κ2) is 15.7. The molecule has 2 aromatic rings. The van der Waals surface area contributed by atoms with E-state index < -0.39 is 41.1 Å². The van der Waals surface area contributed by atoms with Crippen LogP contribution in [0.3, 0.4) is 0 Å². The number of nitrogens with zero attached hydrogens (tertiary/aromatic N) is 3. The number of anilines is 2. The highest BCUT2D eigenvalue weighted by molar-refractivity contribution is 6.10. The minimum absolute atomic E-state index is 0.0651. The smallest absolute Gasteiger partial charge is 0.245 e. The van der Waals surface area contributed by atoms with Crippen LogP contribution in [-0.2, 0) is 25.7 Å². The van der Waals surface area contributed by atoms with Crippen LogP contribution in [0.2, 0.25) is 0 Å². The van der Waals surface area contributed by atoms with Crippen molar-refractivity contribution in [3.05, 3.63) is 41.8 Å². The number of halogens is 1. The molecular weight excluding hydrogens is 591 g/mol. The Labute approximate surface area is 270 Å². The van der Waals surface area contributed by atoms with E-state index in [4.69, 9.17) is 0 Å². The van der Waals surface area contributed by atoms with Gasteiger partial charge in [0.25, 0.3) is 0 Å². The van der Waals surface area contributed by atoms with Gasteiger partial charge in [0.1, 0.15) is 23.6 Å². The van der Waals surface area contributed by atoms with Crippen molar-refractivity contribution in [2.24, 2.45) is 11.8 Å². The van der Waals surface area contributed by atoms with Crippen molar-refractivity contribution in [1.29, 1.82) is 0 Å². The van der Waals surface area contributed by atoms with Crippen LogP contribution in [0.25, 0.3) is 0 Å².